The van der Waals surface area contributed by atoms with E-state index in [4.69, 9.17) is 23.8 Å². The highest BCUT2D eigenvalue weighted by Crippen LogP contribution is 2.25. The second-order valence-electron chi connectivity index (χ2n) is 7.63. The minimum Gasteiger partial charge on any atom is -0.298 e. The number of rotatable bonds is 4. The number of hydrogen-bond donors (Lipinski definition) is 1. The summed E-state index contributed by atoms with van der Waals surface area (Å²) in [5, 5.41) is 7.93. The molecule has 4 rings (SSSR count). The van der Waals surface area contributed by atoms with Gasteiger partial charge in [-0.1, -0.05) is 47.5 Å². The SMILES string of the molecule is Cc1ccc(N2C(=O)/C(=C\c3c(C)nn(Cc4ccccc4Cl)c3C)C(=O)NC2=S)cc1. The summed E-state index contributed by atoms with van der Waals surface area (Å²) in [6.07, 6.45) is 1.58. The molecule has 0 unspecified atom stereocenters. The molecule has 2 aromatic carbocycles. The normalized spacial score (nSPS) is 15.4. The molecule has 2 amide bonds. The fraction of sp³-hybridized carbons (Fsp3) is 0.167. The highest BCUT2D eigenvalue weighted by Gasteiger charge is 2.34. The highest BCUT2D eigenvalue weighted by molar-refractivity contribution is 7.80. The van der Waals surface area contributed by atoms with Crippen LogP contribution in [0.4, 0.5) is 5.69 Å². The predicted molar refractivity (Wildman–Crippen MR) is 130 cm³/mol. The minimum absolute atomic E-state index is 0.00247. The van der Waals surface area contributed by atoms with Crippen molar-refractivity contribution in [2.75, 3.05) is 4.90 Å². The standard InChI is InChI=1S/C24H21ClN4O2S/c1-14-8-10-18(11-9-14)29-23(31)20(22(30)26-24(29)32)12-19-15(2)27-28(16(19)3)13-17-6-4-5-7-21(17)25/h4-12H,13H2,1-3H3,(H,26,30,32)/b20-12-. The average molecular weight is 465 g/mol. The van der Waals surface area contributed by atoms with Gasteiger partial charge in [0.2, 0.25) is 0 Å². The van der Waals surface area contributed by atoms with Gasteiger partial charge in [-0.2, -0.15) is 5.10 Å². The molecule has 1 aromatic heterocycles. The molecular formula is C24H21ClN4O2S. The predicted octanol–water partition coefficient (Wildman–Crippen LogP) is 4.34. The third-order valence-corrected chi connectivity index (χ3v) is 6.05. The Balaban J connectivity index is 1.71. The van der Waals surface area contributed by atoms with Gasteiger partial charge >= 0.3 is 0 Å². The molecule has 6 nitrogen and oxygen atoms in total. The van der Waals surface area contributed by atoms with Crippen molar-refractivity contribution in [2.45, 2.75) is 27.3 Å². The van der Waals surface area contributed by atoms with Crippen molar-refractivity contribution in [3.63, 3.8) is 0 Å². The molecule has 3 aromatic rings. The lowest BCUT2D eigenvalue weighted by Crippen LogP contribution is -2.54. The van der Waals surface area contributed by atoms with Gasteiger partial charge in [0.1, 0.15) is 5.57 Å². The number of thiocarbonyl (C=S) groups is 1. The Kier molecular flexibility index (Phi) is 5.95. The van der Waals surface area contributed by atoms with Crippen molar-refractivity contribution in [3.8, 4) is 0 Å². The van der Waals surface area contributed by atoms with Crippen LogP contribution >= 0.6 is 23.8 Å². The summed E-state index contributed by atoms with van der Waals surface area (Å²) in [6.45, 7) is 6.18. The summed E-state index contributed by atoms with van der Waals surface area (Å²) in [5.41, 5.74) is 4.83. The molecule has 162 valence electrons. The maximum Gasteiger partial charge on any atom is 0.270 e. The molecule has 1 saturated heterocycles. The van der Waals surface area contributed by atoms with Crippen LogP contribution in [0, 0.1) is 20.8 Å². The molecule has 2 heterocycles. The molecule has 0 saturated carbocycles. The molecule has 0 spiro atoms. The summed E-state index contributed by atoms with van der Waals surface area (Å²) >= 11 is 11.6. The number of halogens is 1. The Morgan fingerprint density at radius 2 is 1.75 bits per heavy atom. The summed E-state index contributed by atoms with van der Waals surface area (Å²) < 4.78 is 1.82. The number of hydrogen-bond acceptors (Lipinski definition) is 4. The van der Waals surface area contributed by atoms with Crippen molar-refractivity contribution in [3.05, 3.63) is 87.2 Å². The molecule has 1 aliphatic rings. The molecule has 8 heteroatoms. The van der Waals surface area contributed by atoms with Gasteiger partial charge in [0.25, 0.3) is 11.8 Å². The van der Waals surface area contributed by atoms with Crippen LogP contribution in [0.2, 0.25) is 5.02 Å². The summed E-state index contributed by atoms with van der Waals surface area (Å²) in [7, 11) is 0. The van der Waals surface area contributed by atoms with Gasteiger partial charge in [0, 0.05) is 16.3 Å². The summed E-state index contributed by atoms with van der Waals surface area (Å²) in [6, 6.07) is 14.9. The Hall–Kier alpha value is -3.29. The first kappa shape index (κ1) is 21.9. The smallest absolute Gasteiger partial charge is 0.270 e. The number of amides is 2. The van der Waals surface area contributed by atoms with Gasteiger partial charge in [0.05, 0.1) is 17.9 Å². The van der Waals surface area contributed by atoms with Crippen LogP contribution in [0.5, 0.6) is 0 Å². The van der Waals surface area contributed by atoms with E-state index >= 15 is 0 Å². The van der Waals surface area contributed by atoms with Gasteiger partial charge in [-0.3, -0.25) is 24.5 Å². The first-order chi connectivity index (χ1) is 15.3. The number of nitrogens with one attached hydrogen (secondary N) is 1. The van der Waals surface area contributed by atoms with Crippen LogP contribution in [0.25, 0.3) is 6.08 Å². The number of carbonyl (C=O) groups is 2. The van der Waals surface area contributed by atoms with E-state index in [2.05, 4.69) is 10.4 Å². The quantitative estimate of drug-likeness (QED) is 0.354. The largest absolute Gasteiger partial charge is 0.298 e. The number of nitrogens with zero attached hydrogens (tertiary/aromatic N) is 3. The van der Waals surface area contributed by atoms with Crippen molar-refractivity contribution in [1.82, 2.24) is 15.1 Å². The molecule has 1 fully saturated rings. The molecule has 0 bridgehead atoms. The number of aromatic nitrogens is 2. The number of benzene rings is 2. The highest BCUT2D eigenvalue weighted by atomic mass is 35.5. The zero-order valence-electron chi connectivity index (χ0n) is 17.8. The monoisotopic (exact) mass is 464 g/mol. The Morgan fingerprint density at radius 3 is 2.44 bits per heavy atom. The summed E-state index contributed by atoms with van der Waals surface area (Å²) in [5.74, 6) is -0.999. The first-order valence-electron chi connectivity index (χ1n) is 10.0. The minimum atomic E-state index is -0.527. The van der Waals surface area contributed by atoms with Gasteiger partial charge in [-0.15, -0.1) is 0 Å². The second kappa shape index (κ2) is 8.68. The van der Waals surface area contributed by atoms with Gasteiger partial charge in [-0.25, -0.2) is 0 Å². The molecule has 1 N–H and O–H groups in total. The first-order valence-corrected chi connectivity index (χ1v) is 10.8. The molecule has 0 radical (unpaired) electrons. The van der Waals surface area contributed by atoms with Crippen molar-refractivity contribution >= 4 is 52.5 Å². The average Bonchev–Trinajstić information content (AvgIpc) is 3.01. The van der Waals surface area contributed by atoms with E-state index in [0.717, 1.165) is 16.8 Å². The third-order valence-electron chi connectivity index (χ3n) is 5.40. The molecule has 32 heavy (non-hydrogen) atoms. The number of anilines is 1. The van der Waals surface area contributed by atoms with E-state index in [9.17, 15) is 9.59 Å². The van der Waals surface area contributed by atoms with Crippen LogP contribution < -0.4 is 10.2 Å². The van der Waals surface area contributed by atoms with Crippen LogP contribution in [-0.4, -0.2) is 26.7 Å². The van der Waals surface area contributed by atoms with Gasteiger partial charge in [0.15, 0.2) is 5.11 Å². The molecular weight excluding hydrogens is 444 g/mol. The van der Waals surface area contributed by atoms with E-state index < -0.39 is 11.8 Å². The van der Waals surface area contributed by atoms with Crippen molar-refractivity contribution < 1.29 is 9.59 Å². The van der Waals surface area contributed by atoms with E-state index in [-0.39, 0.29) is 10.7 Å². The Bertz CT molecular complexity index is 1280. The lowest BCUT2D eigenvalue weighted by Gasteiger charge is -2.29. The number of aryl methyl sites for hydroxylation is 2. The fourth-order valence-corrected chi connectivity index (χ4v) is 4.07. The maximum absolute atomic E-state index is 13.3. The lowest BCUT2D eigenvalue weighted by molar-refractivity contribution is -0.122. The van der Waals surface area contributed by atoms with Crippen molar-refractivity contribution in [1.29, 1.82) is 0 Å². The topological polar surface area (TPSA) is 67.2 Å². The second-order valence-corrected chi connectivity index (χ2v) is 8.42. The zero-order chi connectivity index (χ0) is 23.0. The maximum atomic E-state index is 13.3. The van der Waals surface area contributed by atoms with Crippen LogP contribution in [0.3, 0.4) is 0 Å². The number of carbonyl (C=O) groups excluding carboxylic acids is 2. The Labute approximate surface area is 196 Å². The summed E-state index contributed by atoms with van der Waals surface area (Å²) in [4.78, 5) is 27.3. The van der Waals surface area contributed by atoms with E-state index in [1.54, 1.807) is 18.2 Å². The Morgan fingerprint density at radius 1 is 1.06 bits per heavy atom. The lowest BCUT2D eigenvalue weighted by atomic mass is 10.1. The van der Waals surface area contributed by atoms with Crippen molar-refractivity contribution in [2.24, 2.45) is 0 Å². The van der Waals surface area contributed by atoms with E-state index in [1.165, 1.54) is 4.90 Å². The van der Waals surface area contributed by atoms with Gasteiger partial charge < -0.3 is 0 Å². The van der Waals surface area contributed by atoms with E-state index in [1.807, 2.05) is 61.9 Å². The molecule has 1 aliphatic heterocycles. The molecule has 0 aliphatic carbocycles. The molecule has 0 atom stereocenters. The zero-order valence-corrected chi connectivity index (χ0v) is 19.4. The van der Waals surface area contributed by atoms with E-state index in [0.29, 0.717) is 28.5 Å². The van der Waals surface area contributed by atoms with Gasteiger partial charge in [-0.05, 0) is 62.8 Å². The fourth-order valence-electron chi connectivity index (χ4n) is 3.59. The van der Waals surface area contributed by atoms with Crippen LogP contribution in [-0.2, 0) is 16.1 Å². The van der Waals surface area contributed by atoms with Crippen LogP contribution in [0.15, 0.2) is 54.1 Å². The third kappa shape index (κ3) is 4.09. The van der Waals surface area contributed by atoms with Crippen LogP contribution in [0.1, 0.15) is 28.1 Å².